The monoisotopic (exact) mass is 685 g/mol. The molecule has 4 aliphatic rings. The van der Waals surface area contributed by atoms with Crippen LogP contribution >= 0.6 is 0 Å². The Kier molecular flexibility index (Phi) is 12.3. The summed E-state index contributed by atoms with van der Waals surface area (Å²) < 4.78 is 6.20. The van der Waals surface area contributed by atoms with E-state index in [0.717, 1.165) is 64.2 Å². The van der Waals surface area contributed by atoms with Crippen molar-refractivity contribution < 1.29 is 28.7 Å². The fraction of sp³-hybridized carbons (Fsp3) is 0.816. The zero-order chi connectivity index (χ0) is 36.2. The van der Waals surface area contributed by atoms with Crippen molar-refractivity contribution in [1.82, 2.24) is 26.2 Å². The van der Waals surface area contributed by atoms with E-state index in [9.17, 15) is 24.0 Å². The number of carbonyl (C=O) groups is 5. The van der Waals surface area contributed by atoms with E-state index in [1.807, 2.05) is 27.7 Å². The molecule has 0 aromatic rings. The van der Waals surface area contributed by atoms with E-state index in [2.05, 4.69) is 48.6 Å². The van der Waals surface area contributed by atoms with Crippen molar-refractivity contribution in [2.24, 2.45) is 22.7 Å². The Labute approximate surface area is 293 Å². The molecule has 0 bridgehead atoms. The molecule has 11 heteroatoms. The highest BCUT2D eigenvalue weighted by molar-refractivity contribution is 6.38. The number of hydrogen-bond donors (Lipinski definition) is 4. The highest BCUT2D eigenvalue weighted by Crippen LogP contribution is 2.65. The smallest absolute Gasteiger partial charge is 0.315 e. The zero-order valence-electron chi connectivity index (χ0n) is 31.2. The van der Waals surface area contributed by atoms with Crippen molar-refractivity contribution in [3.05, 3.63) is 12.7 Å². The molecule has 1 aliphatic heterocycles. The second kappa shape index (κ2) is 15.5. The Bertz CT molecular complexity index is 1250. The van der Waals surface area contributed by atoms with Crippen LogP contribution in [0.15, 0.2) is 12.7 Å². The van der Waals surface area contributed by atoms with Crippen LogP contribution in [0.5, 0.6) is 0 Å². The molecule has 0 aromatic carbocycles. The molecule has 4 fully saturated rings. The van der Waals surface area contributed by atoms with Gasteiger partial charge in [-0.25, -0.2) is 4.79 Å². The third-order valence-corrected chi connectivity index (χ3v) is 11.8. The second-order valence-corrected chi connectivity index (χ2v) is 17.1. The van der Waals surface area contributed by atoms with E-state index in [0.29, 0.717) is 26.0 Å². The SMILES string of the molecule is C=CCNC(=O)C(=O)C(CCC)NC(=O)C1[C@@H]2C(CN1C(=O)[C@@H](NC(=O)NC1(COC(C)(C)C)CCCCC1)C1(C)CCCCC1)C2(C)C. The molecule has 3 unspecified atom stereocenters. The summed E-state index contributed by atoms with van der Waals surface area (Å²) in [6.45, 7) is 18.7. The number of nitrogens with zero attached hydrogens (tertiary/aromatic N) is 1. The Hall–Kier alpha value is -2.95. The molecule has 0 radical (unpaired) electrons. The lowest BCUT2D eigenvalue weighted by atomic mass is 9.70. The van der Waals surface area contributed by atoms with Gasteiger partial charge < -0.3 is 30.9 Å². The van der Waals surface area contributed by atoms with Crippen molar-refractivity contribution in [2.75, 3.05) is 19.7 Å². The summed E-state index contributed by atoms with van der Waals surface area (Å²) in [5.41, 5.74) is -1.51. The third kappa shape index (κ3) is 9.05. The van der Waals surface area contributed by atoms with Crippen LogP contribution in [0, 0.1) is 22.7 Å². The fourth-order valence-corrected chi connectivity index (χ4v) is 8.68. The highest BCUT2D eigenvalue weighted by Gasteiger charge is 2.70. The number of Topliss-reactive ketones (excluding diaryl/α,β-unsaturated/α-hetero) is 1. The van der Waals surface area contributed by atoms with E-state index < -0.39 is 46.7 Å². The standard InChI is InChI=1S/C38H63N5O6/c1-9-17-26(29(44)32(46)39-22-10-2)40-31(45)28-27-25(36(27,6)7)23-43(28)33(47)30(37(8)18-13-11-14-19-37)41-34(48)42-38(20-15-12-16-21-38)24-49-35(3,4)5/h10,25-28,30H,2,9,11-24H2,1,3-8H3,(H,39,46)(H,40,45)(H2,41,42,48)/t25?,26?,27-,28?,30+/m0/s1. The number of fused-ring (bicyclic) bond motifs is 1. The van der Waals surface area contributed by atoms with Crippen LogP contribution in [0.3, 0.4) is 0 Å². The van der Waals surface area contributed by atoms with Gasteiger partial charge in [0.15, 0.2) is 0 Å². The number of hydrogen-bond acceptors (Lipinski definition) is 6. The van der Waals surface area contributed by atoms with E-state index in [1.54, 1.807) is 4.90 Å². The minimum Gasteiger partial charge on any atom is -0.373 e. The van der Waals surface area contributed by atoms with Gasteiger partial charge >= 0.3 is 6.03 Å². The average Bonchev–Trinajstić information content (AvgIpc) is 3.35. The maximum absolute atomic E-state index is 14.8. The normalized spacial score (nSPS) is 26.3. The van der Waals surface area contributed by atoms with Gasteiger partial charge in [-0.1, -0.05) is 78.7 Å². The number of piperidine rings is 1. The number of ketones is 1. The van der Waals surface area contributed by atoms with Gasteiger partial charge in [-0.15, -0.1) is 6.58 Å². The Balaban J connectivity index is 1.58. The molecular formula is C38H63N5O6. The summed E-state index contributed by atoms with van der Waals surface area (Å²) in [6, 6.07) is -3.02. The lowest BCUT2D eigenvalue weighted by Crippen LogP contribution is -2.64. The minimum atomic E-state index is -1.00. The Morgan fingerprint density at radius 3 is 2.12 bits per heavy atom. The number of likely N-dealkylation sites (tertiary alicyclic amines) is 1. The summed E-state index contributed by atoms with van der Waals surface area (Å²) in [5.74, 6) is -2.13. The van der Waals surface area contributed by atoms with E-state index in [-0.39, 0.29) is 41.3 Å². The van der Waals surface area contributed by atoms with Gasteiger partial charge in [-0.05, 0) is 75.5 Å². The summed E-state index contributed by atoms with van der Waals surface area (Å²) in [7, 11) is 0. The molecule has 49 heavy (non-hydrogen) atoms. The molecule has 5 atom stereocenters. The number of rotatable bonds is 14. The maximum Gasteiger partial charge on any atom is 0.315 e. The summed E-state index contributed by atoms with van der Waals surface area (Å²) >= 11 is 0. The van der Waals surface area contributed by atoms with Crippen LogP contribution in [-0.4, -0.2) is 83.4 Å². The summed E-state index contributed by atoms with van der Waals surface area (Å²) in [6.07, 6.45) is 11.7. The van der Waals surface area contributed by atoms with E-state index in [4.69, 9.17) is 4.74 Å². The first kappa shape index (κ1) is 38.8. The van der Waals surface area contributed by atoms with E-state index in [1.165, 1.54) is 6.08 Å². The lowest BCUT2D eigenvalue weighted by Gasteiger charge is -2.44. The Morgan fingerprint density at radius 1 is 0.939 bits per heavy atom. The molecule has 0 spiro atoms. The quantitative estimate of drug-likeness (QED) is 0.153. The number of amides is 5. The molecule has 276 valence electrons. The molecular weight excluding hydrogens is 622 g/mol. The van der Waals surface area contributed by atoms with Crippen molar-refractivity contribution in [2.45, 2.75) is 155 Å². The molecule has 0 aromatic heterocycles. The first-order valence-electron chi connectivity index (χ1n) is 18.7. The highest BCUT2D eigenvalue weighted by atomic mass is 16.5. The average molecular weight is 686 g/mol. The van der Waals surface area contributed by atoms with Crippen LogP contribution < -0.4 is 21.3 Å². The molecule has 3 saturated carbocycles. The Morgan fingerprint density at radius 2 is 1.55 bits per heavy atom. The van der Waals surface area contributed by atoms with Gasteiger partial charge in [-0.3, -0.25) is 19.2 Å². The largest absolute Gasteiger partial charge is 0.373 e. The van der Waals surface area contributed by atoms with Crippen molar-refractivity contribution in [3.8, 4) is 0 Å². The molecule has 4 N–H and O–H groups in total. The van der Waals surface area contributed by atoms with Gasteiger partial charge in [0.05, 0.1) is 23.8 Å². The van der Waals surface area contributed by atoms with Crippen molar-refractivity contribution in [3.63, 3.8) is 0 Å². The molecule has 11 nitrogen and oxygen atoms in total. The van der Waals surface area contributed by atoms with Crippen LogP contribution in [0.4, 0.5) is 4.79 Å². The number of urea groups is 1. The van der Waals surface area contributed by atoms with Crippen LogP contribution in [0.25, 0.3) is 0 Å². The molecule has 3 aliphatic carbocycles. The summed E-state index contributed by atoms with van der Waals surface area (Å²) in [4.78, 5) is 70.2. The lowest BCUT2D eigenvalue weighted by molar-refractivity contribution is -0.146. The maximum atomic E-state index is 14.8. The van der Waals surface area contributed by atoms with Gasteiger partial charge in [0.25, 0.3) is 5.91 Å². The number of nitrogens with one attached hydrogen (secondary N) is 4. The van der Waals surface area contributed by atoms with Crippen LogP contribution in [0.1, 0.15) is 126 Å². The van der Waals surface area contributed by atoms with Crippen LogP contribution in [0.2, 0.25) is 0 Å². The third-order valence-electron chi connectivity index (χ3n) is 11.8. The summed E-state index contributed by atoms with van der Waals surface area (Å²) in [5, 5.41) is 11.8. The molecule has 5 amide bonds. The predicted molar refractivity (Wildman–Crippen MR) is 189 cm³/mol. The molecule has 1 heterocycles. The second-order valence-electron chi connectivity index (χ2n) is 17.1. The minimum absolute atomic E-state index is 0.0860. The van der Waals surface area contributed by atoms with Crippen LogP contribution in [-0.2, 0) is 23.9 Å². The van der Waals surface area contributed by atoms with Gasteiger partial charge in [0, 0.05) is 13.1 Å². The number of ether oxygens (including phenoxy) is 1. The zero-order valence-corrected chi connectivity index (χ0v) is 31.2. The van der Waals surface area contributed by atoms with Gasteiger partial charge in [0.2, 0.25) is 17.6 Å². The topological polar surface area (TPSA) is 146 Å². The fourth-order valence-electron chi connectivity index (χ4n) is 8.68. The molecule has 1 saturated heterocycles. The first-order chi connectivity index (χ1) is 23.0. The number of carbonyl (C=O) groups excluding carboxylic acids is 5. The van der Waals surface area contributed by atoms with Gasteiger partial charge in [0.1, 0.15) is 12.1 Å². The van der Waals surface area contributed by atoms with Crippen molar-refractivity contribution >= 4 is 29.5 Å². The van der Waals surface area contributed by atoms with E-state index >= 15 is 0 Å². The predicted octanol–water partition coefficient (Wildman–Crippen LogP) is 4.78. The van der Waals surface area contributed by atoms with Gasteiger partial charge in [-0.2, -0.15) is 0 Å². The molecule has 4 rings (SSSR count). The van der Waals surface area contributed by atoms with Crippen molar-refractivity contribution in [1.29, 1.82) is 0 Å². The first-order valence-corrected chi connectivity index (χ1v) is 18.7.